The molecule has 0 unspecified atom stereocenters. The Bertz CT molecular complexity index is 1090. The van der Waals surface area contributed by atoms with Crippen LogP contribution in [0.5, 0.6) is 0 Å². The van der Waals surface area contributed by atoms with E-state index in [1.807, 2.05) is 22.6 Å². The predicted octanol–water partition coefficient (Wildman–Crippen LogP) is 3.91. The van der Waals surface area contributed by atoms with Crippen LogP contribution in [0.15, 0.2) is 45.7 Å². The van der Waals surface area contributed by atoms with Crippen molar-refractivity contribution in [2.45, 2.75) is 24.2 Å². The summed E-state index contributed by atoms with van der Waals surface area (Å²) >= 11 is 8.10. The molecule has 0 atom stereocenters. The normalized spacial score (nSPS) is 15.2. The molecule has 0 spiro atoms. The van der Waals surface area contributed by atoms with E-state index in [-0.39, 0.29) is 15.6 Å². The second kappa shape index (κ2) is 10.6. The van der Waals surface area contributed by atoms with Crippen molar-refractivity contribution in [3.63, 3.8) is 0 Å². The third kappa shape index (κ3) is 6.55. The zero-order chi connectivity index (χ0) is 22.4. The van der Waals surface area contributed by atoms with Gasteiger partial charge in [-0.15, -0.1) is 0 Å². The molecule has 1 N–H and O–H groups in total. The number of benzene rings is 1. The van der Waals surface area contributed by atoms with Gasteiger partial charge in [0.05, 0.1) is 15.6 Å². The standard InChI is InChI=1S/C20H20ClIN2O6S/c21-16-7-6-15(31(27,28)24-10-2-1-3-11-24)12-17(16)23-19(25)13-29-20(26)9-5-14-4-8-18(22)30-14/h4-9,12H,1-3,10-11,13H2,(H,23,25)/b9-5+. The Morgan fingerprint density at radius 2 is 1.94 bits per heavy atom. The fourth-order valence-electron chi connectivity index (χ4n) is 2.95. The molecule has 1 aliphatic heterocycles. The molecule has 166 valence electrons. The average molecular weight is 579 g/mol. The maximum atomic E-state index is 12.8. The number of hydrogen-bond acceptors (Lipinski definition) is 6. The maximum Gasteiger partial charge on any atom is 0.331 e. The molecule has 3 rings (SSSR count). The first-order valence-electron chi connectivity index (χ1n) is 9.45. The van der Waals surface area contributed by atoms with Gasteiger partial charge in [-0.25, -0.2) is 13.2 Å². The Hall–Kier alpha value is -1.89. The minimum Gasteiger partial charge on any atom is -0.452 e. The molecule has 31 heavy (non-hydrogen) atoms. The van der Waals surface area contributed by atoms with E-state index in [9.17, 15) is 18.0 Å². The van der Waals surface area contributed by atoms with Crippen molar-refractivity contribution < 1.29 is 27.2 Å². The number of carbonyl (C=O) groups is 2. The number of hydrogen-bond donors (Lipinski definition) is 1. The number of carbonyl (C=O) groups excluding carboxylic acids is 2. The van der Waals surface area contributed by atoms with E-state index in [4.69, 9.17) is 20.8 Å². The summed E-state index contributed by atoms with van der Waals surface area (Å²) in [5.41, 5.74) is 0.126. The lowest BCUT2D eigenvalue weighted by atomic mass is 10.2. The van der Waals surface area contributed by atoms with Crippen molar-refractivity contribution in [1.82, 2.24) is 4.31 Å². The number of nitrogens with one attached hydrogen (secondary N) is 1. The van der Waals surface area contributed by atoms with Crippen molar-refractivity contribution >= 4 is 67.9 Å². The molecule has 0 bridgehead atoms. The Kier molecular flexibility index (Phi) is 8.14. The molecule has 1 saturated heterocycles. The van der Waals surface area contributed by atoms with Gasteiger partial charge in [0.2, 0.25) is 10.0 Å². The summed E-state index contributed by atoms with van der Waals surface area (Å²) in [5.74, 6) is -0.901. The van der Waals surface area contributed by atoms with Crippen LogP contribution in [0.2, 0.25) is 5.02 Å². The Morgan fingerprint density at radius 1 is 1.19 bits per heavy atom. The number of rotatable bonds is 7. The van der Waals surface area contributed by atoms with Gasteiger partial charge in [-0.05, 0) is 71.8 Å². The number of halogens is 2. The smallest absolute Gasteiger partial charge is 0.331 e. The van der Waals surface area contributed by atoms with Gasteiger partial charge in [0.15, 0.2) is 10.4 Å². The number of sulfonamides is 1. The molecule has 1 aromatic carbocycles. The number of amides is 1. The Labute approximate surface area is 198 Å². The van der Waals surface area contributed by atoms with Gasteiger partial charge in [0.1, 0.15) is 5.76 Å². The fourth-order valence-corrected chi connectivity index (χ4v) is 5.10. The van der Waals surface area contributed by atoms with Crippen molar-refractivity contribution in [2.75, 3.05) is 25.0 Å². The van der Waals surface area contributed by atoms with Crippen LogP contribution in [-0.4, -0.2) is 44.3 Å². The summed E-state index contributed by atoms with van der Waals surface area (Å²) in [6.07, 6.45) is 5.20. The Morgan fingerprint density at radius 3 is 2.61 bits per heavy atom. The second-order valence-electron chi connectivity index (χ2n) is 6.74. The summed E-state index contributed by atoms with van der Waals surface area (Å²) in [4.78, 5) is 24.0. The van der Waals surface area contributed by atoms with Crippen LogP contribution in [0.3, 0.4) is 0 Å². The summed E-state index contributed by atoms with van der Waals surface area (Å²) in [7, 11) is -3.68. The number of anilines is 1. The van der Waals surface area contributed by atoms with Gasteiger partial charge >= 0.3 is 5.97 Å². The summed E-state index contributed by atoms with van der Waals surface area (Å²) < 4.78 is 37.9. The molecule has 1 aromatic heterocycles. The molecule has 8 nitrogen and oxygen atoms in total. The predicted molar refractivity (Wildman–Crippen MR) is 124 cm³/mol. The lowest BCUT2D eigenvalue weighted by Crippen LogP contribution is -2.35. The zero-order valence-electron chi connectivity index (χ0n) is 16.3. The minimum absolute atomic E-state index is 0.0436. The topological polar surface area (TPSA) is 106 Å². The van der Waals surface area contributed by atoms with Crippen LogP contribution in [0.4, 0.5) is 5.69 Å². The number of nitrogens with zero attached hydrogens (tertiary/aromatic N) is 1. The molecule has 0 saturated carbocycles. The van der Waals surface area contributed by atoms with Gasteiger partial charge in [-0.3, -0.25) is 4.79 Å². The fraction of sp³-hybridized carbons (Fsp3) is 0.300. The molecule has 1 aliphatic rings. The minimum atomic E-state index is -3.68. The second-order valence-corrected chi connectivity index (χ2v) is 10.1. The third-order valence-corrected chi connectivity index (χ3v) is 7.29. The van der Waals surface area contributed by atoms with Gasteiger partial charge in [0.25, 0.3) is 5.91 Å². The van der Waals surface area contributed by atoms with E-state index in [1.165, 1.54) is 28.6 Å². The maximum absolute atomic E-state index is 12.8. The first kappa shape index (κ1) is 23.8. The third-order valence-electron chi connectivity index (χ3n) is 4.49. The summed E-state index contributed by atoms with van der Waals surface area (Å²) in [5, 5.41) is 2.65. The van der Waals surface area contributed by atoms with E-state index in [0.29, 0.717) is 22.6 Å². The van der Waals surface area contributed by atoms with E-state index < -0.39 is 28.5 Å². The van der Waals surface area contributed by atoms with E-state index in [0.717, 1.165) is 25.3 Å². The van der Waals surface area contributed by atoms with Gasteiger partial charge in [0, 0.05) is 19.2 Å². The molecule has 2 aromatic rings. The highest BCUT2D eigenvalue weighted by Gasteiger charge is 2.26. The highest BCUT2D eigenvalue weighted by Crippen LogP contribution is 2.28. The van der Waals surface area contributed by atoms with Crippen molar-refractivity contribution in [3.05, 3.63) is 51.0 Å². The first-order chi connectivity index (χ1) is 14.8. The quantitative estimate of drug-likeness (QED) is 0.303. The molecule has 1 amide bonds. The summed E-state index contributed by atoms with van der Waals surface area (Å²) in [6, 6.07) is 7.55. The van der Waals surface area contributed by atoms with Crippen LogP contribution in [0, 0.1) is 3.77 Å². The van der Waals surface area contributed by atoms with Crippen LogP contribution in [0.25, 0.3) is 6.08 Å². The van der Waals surface area contributed by atoms with Crippen LogP contribution in [-0.2, 0) is 24.3 Å². The van der Waals surface area contributed by atoms with Crippen LogP contribution >= 0.6 is 34.2 Å². The van der Waals surface area contributed by atoms with E-state index in [1.54, 1.807) is 12.1 Å². The van der Waals surface area contributed by atoms with Crippen LogP contribution < -0.4 is 5.32 Å². The van der Waals surface area contributed by atoms with Crippen molar-refractivity contribution in [2.24, 2.45) is 0 Å². The number of esters is 1. The van der Waals surface area contributed by atoms with Crippen molar-refractivity contribution in [1.29, 1.82) is 0 Å². The molecule has 0 aliphatic carbocycles. The molecule has 11 heteroatoms. The molecule has 0 radical (unpaired) electrons. The van der Waals surface area contributed by atoms with E-state index >= 15 is 0 Å². The van der Waals surface area contributed by atoms with Gasteiger partial charge in [-0.1, -0.05) is 18.0 Å². The van der Waals surface area contributed by atoms with Crippen LogP contribution in [0.1, 0.15) is 25.0 Å². The lowest BCUT2D eigenvalue weighted by Gasteiger charge is -2.26. The van der Waals surface area contributed by atoms with Gasteiger partial charge < -0.3 is 14.5 Å². The molecular formula is C20H20ClIN2O6S. The van der Waals surface area contributed by atoms with E-state index in [2.05, 4.69) is 5.32 Å². The number of ether oxygens (including phenoxy) is 1. The average Bonchev–Trinajstić information content (AvgIpc) is 3.18. The largest absolute Gasteiger partial charge is 0.452 e. The number of piperidine rings is 1. The lowest BCUT2D eigenvalue weighted by molar-refractivity contribution is -0.142. The zero-order valence-corrected chi connectivity index (χ0v) is 20.1. The van der Waals surface area contributed by atoms with Gasteiger partial charge in [-0.2, -0.15) is 4.31 Å². The highest BCUT2D eigenvalue weighted by atomic mass is 127. The number of furan rings is 1. The summed E-state index contributed by atoms with van der Waals surface area (Å²) in [6.45, 7) is 0.374. The van der Waals surface area contributed by atoms with Crippen molar-refractivity contribution in [3.8, 4) is 0 Å². The monoisotopic (exact) mass is 578 g/mol. The Balaban J connectivity index is 1.60. The highest BCUT2D eigenvalue weighted by molar-refractivity contribution is 14.1. The molecule has 2 heterocycles. The molecule has 1 fully saturated rings. The first-order valence-corrected chi connectivity index (χ1v) is 12.3. The molecular weight excluding hydrogens is 559 g/mol. The SMILES string of the molecule is O=C(COC(=O)/C=C/c1ccc(I)o1)Nc1cc(S(=O)(=O)N2CCCCC2)ccc1Cl.